The molecule has 0 saturated heterocycles. The first-order valence-electron chi connectivity index (χ1n) is 24.1. The molecule has 0 fully saturated rings. The van der Waals surface area contributed by atoms with Crippen molar-refractivity contribution in [2.75, 3.05) is 26.3 Å². The first-order valence-corrected chi connectivity index (χ1v) is 24.1. The Bertz CT molecular complexity index is 2370. The van der Waals surface area contributed by atoms with Crippen LogP contribution in [-0.4, -0.2) is 67.8 Å². The summed E-state index contributed by atoms with van der Waals surface area (Å²) in [4.78, 5) is 60.2. The Morgan fingerprint density at radius 1 is 0.773 bits per heavy atom. The molecule has 3 aromatic rings. The molecule has 0 heterocycles. The van der Waals surface area contributed by atoms with E-state index < -0.39 is 23.8 Å². The summed E-state index contributed by atoms with van der Waals surface area (Å²) in [6, 6.07) is 21.0. The number of fused-ring (bicyclic) bond motifs is 2. The van der Waals surface area contributed by atoms with Gasteiger partial charge in [-0.3, -0.25) is 24.2 Å². The fourth-order valence-corrected chi connectivity index (χ4v) is 8.84. The van der Waals surface area contributed by atoms with Crippen LogP contribution in [0.2, 0.25) is 0 Å². The highest BCUT2D eigenvalue weighted by atomic mass is 16.5. The summed E-state index contributed by atoms with van der Waals surface area (Å²) in [5.41, 5.74) is 20.0. The molecule has 66 heavy (non-hydrogen) atoms. The van der Waals surface area contributed by atoms with E-state index in [1.54, 1.807) is 0 Å². The second kappa shape index (κ2) is 26.5. The minimum atomic E-state index is -0.916. The molecular weight excluding hydrogens is 829 g/mol. The van der Waals surface area contributed by atoms with Gasteiger partial charge in [0.1, 0.15) is 12.4 Å². The van der Waals surface area contributed by atoms with Crippen molar-refractivity contribution in [3.63, 3.8) is 0 Å². The third kappa shape index (κ3) is 15.8. The number of rotatable bonds is 28. The van der Waals surface area contributed by atoms with Crippen molar-refractivity contribution in [2.45, 2.75) is 123 Å². The number of hydrogen-bond donors (Lipinski definition) is 5. The van der Waals surface area contributed by atoms with E-state index in [1.165, 1.54) is 0 Å². The third-order valence-corrected chi connectivity index (χ3v) is 12.3. The molecule has 12 heteroatoms. The Kier molecular flexibility index (Phi) is 20.7. The maximum atomic E-state index is 14.3. The largest absolute Gasteiger partial charge is 0.485 e. The minimum Gasteiger partial charge on any atom is -0.485 e. The molecule has 356 valence electrons. The van der Waals surface area contributed by atoms with E-state index in [2.05, 4.69) is 65.9 Å². The summed E-state index contributed by atoms with van der Waals surface area (Å²) in [6.07, 6.45) is 12.7. The molecule has 4 atom stereocenters. The van der Waals surface area contributed by atoms with Crippen molar-refractivity contribution in [3.05, 3.63) is 98.7 Å². The number of carbonyl (C=O) groups is 4. The van der Waals surface area contributed by atoms with Crippen LogP contribution in [0, 0.1) is 23.7 Å². The van der Waals surface area contributed by atoms with Crippen molar-refractivity contribution in [2.24, 2.45) is 45.9 Å². The molecule has 2 aliphatic rings. The van der Waals surface area contributed by atoms with Gasteiger partial charge in [0.05, 0.1) is 12.1 Å². The molecule has 8 N–H and O–H groups in total. The summed E-state index contributed by atoms with van der Waals surface area (Å²) in [5.74, 6) is -1.27. The molecular formula is C54H74N6O6. The molecule has 0 radical (unpaired) electrons. The molecule has 0 unspecified atom stereocenters. The van der Waals surface area contributed by atoms with Crippen LogP contribution in [0.25, 0.3) is 23.8 Å². The van der Waals surface area contributed by atoms with Gasteiger partial charge in [0.2, 0.25) is 11.8 Å². The molecule has 0 bridgehead atoms. The van der Waals surface area contributed by atoms with E-state index >= 15 is 0 Å². The maximum Gasteiger partial charge on any atom is 0.224 e. The second-order valence-corrected chi connectivity index (χ2v) is 18.6. The van der Waals surface area contributed by atoms with Gasteiger partial charge in [-0.15, -0.1) is 0 Å². The lowest BCUT2D eigenvalue weighted by atomic mass is 9.87. The van der Waals surface area contributed by atoms with Gasteiger partial charge in [-0.05, 0) is 109 Å². The van der Waals surface area contributed by atoms with Crippen LogP contribution < -0.4 is 53.4 Å². The normalized spacial score (nSPS) is 15.5. The maximum absolute atomic E-state index is 14.3. The van der Waals surface area contributed by atoms with Gasteiger partial charge in [-0.25, -0.2) is 0 Å². The predicted molar refractivity (Wildman–Crippen MR) is 265 cm³/mol. The Hall–Kier alpha value is -5.59. The SMILES string of the molecule is CC(C)CCO[C@H]1CC=c2ccccc2=C1c1c(OCC(=O)C[C@H](CCCCN)C(=O)N[C@H](CCCN=C(N)N)C(=O)C[C@@H](CC(C)C)C(=O)NCc2ccccc2)ccc2c1=CCCC=2. The van der Waals surface area contributed by atoms with E-state index in [4.69, 9.17) is 26.7 Å². The van der Waals surface area contributed by atoms with Gasteiger partial charge in [0.15, 0.2) is 17.5 Å². The lowest BCUT2D eigenvalue weighted by molar-refractivity contribution is -0.134. The number of ether oxygens (including phenoxy) is 2. The van der Waals surface area contributed by atoms with Gasteiger partial charge in [0.25, 0.3) is 0 Å². The van der Waals surface area contributed by atoms with Crippen LogP contribution >= 0.6 is 0 Å². The zero-order valence-corrected chi connectivity index (χ0v) is 39.7. The summed E-state index contributed by atoms with van der Waals surface area (Å²) in [7, 11) is 0. The average Bonchev–Trinajstić information content (AvgIpc) is 3.30. The van der Waals surface area contributed by atoms with Crippen LogP contribution in [0.4, 0.5) is 0 Å². The Labute approximate surface area is 391 Å². The number of ketones is 2. The van der Waals surface area contributed by atoms with Crippen molar-refractivity contribution in [1.82, 2.24) is 10.6 Å². The molecule has 2 amide bonds. The van der Waals surface area contributed by atoms with E-state index in [0.717, 1.165) is 56.8 Å². The number of nitrogens with two attached hydrogens (primary N) is 3. The number of aliphatic imine (C=N–C) groups is 1. The first kappa shape index (κ1) is 51.4. The van der Waals surface area contributed by atoms with Gasteiger partial charge in [-0.1, -0.05) is 113 Å². The standard InChI is InChI=1S/C54H74N6O6/c1-36(2)27-30-65-48-25-23-39-17-8-10-20-44(39)50(48)51-45-21-11-9-18-40(45)24-26-49(51)66-35-43(61)32-41(19-12-13-28-55)53(64)60-46(22-14-29-58-54(56)57)47(62)33-42(31-37(3)4)52(63)59-34-38-15-6-5-7-16-38/h5-8,10,15-18,20-21,23-24,26,36-37,41-42,46,48H,9,11-14,19,22,25,27-35,55H2,1-4H3,(H,59,63)(H,60,64)(H4,56,57,58)/t41-,42+,46+,48-/m0/s1. The van der Waals surface area contributed by atoms with Crippen molar-refractivity contribution in [3.8, 4) is 5.75 Å². The summed E-state index contributed by atoms with van der Waals surface area (Å²) >= 11 is 0. The number of amides is 2. The Morgan fingerprint density at radius 2 is 1.53 bits per heavy atom. The van der Waals surface area contributed by atoms with Crippen molar-refractivity contribution >= 4 is 53.1 Å². The number of benzene rings is 3. The molecule has 0 aliphatic heterocycles. The van der Waals surface area contributed by atoms with Crippen LogP contribution in [-0.2, 0) is 30.5 Å². The molecule has 0 saturated carbocycles. The van der Waals surface area contributed by atoms with Gasteiger partial charge in [0, 0.05) is 55.5 Å². The van der Waals surface area contributed by atoms with Crippen LogP contribution in [0.15, 0.2) is 71.7 Å². The lowest BCUT2D eigenvalue weighted by Gasteiger charge is -2.26. The molecule has 12 nitrogen and oxygen atoms in total. The smallest absolute Gasteiger partial charge is 0.224 e. The van der Waals surface area contributed by atoms with Gasteiger partial charge >= 0.3 is 0 Å². The van der Waals surface area contributed by atoms with Gasteiger partial charge < -0.3 is 37.3 Å². The topological polar surface area (TPSA) is 201 Å². The highest BCUT2D eigenvalue weighted by Crippen LogP contribution is 2.29. The van der Waals surface area contributed by atoms with Crippen LogP contribution in [0.3, 0.4) is 0 Å². The number of Topliss-reactive ketones (excluding diaryl/α,β-unsaturated/α-hetero) is 2. The second-order valence-electron chi connectivity index (χ2n) is 18.6. The number of nitrogens with one attached hydrogen (secondary N) is 2. The minimum absolute atomic E-state index is 0.0555. The fourth-order valence-electron chi connectivity index (χ4n) is 8.84. The third-order valence-electron chi connectivity index (χ3n) is 12.3. The van der Waals surface area contributed by atoms with Crippen molar-refractivity contribution in [1.29, 1.82) is 0 Å². The number of unbranched alkanes of at least 4 members (excludes halogenated alkanes) is 1. The van der Waals surface area contributed by atoms with Crippen LogP contribution in [0.1, 0.15) is 116 Å². The fraction of sp³-hybridized carbons (Fsp3) is 0.500. The number of guanidine groups is 1. The molecule has 0 spiro atoms. The number of hydrogen-bond acceptors (Lipinski definition) is 8. The van der Waals surface area contributed by atoms with Crippen molar-refractivity contribution < 1.29 is 28.7 Å². The average molecular weight is 903 g/mol. The zero-order valence-electron chi connectivity index (χ0n) is 39.7. The summed E-state index contributed by atoms with van der Waals surface area (Å²) < 4.78 is 13.2. The first-order chi connectivity index (χ1) is 31.8. The highest BCUT2D eigenvalue weighted by Gasteiger charge is 2.31. The molecule has 0 aromatic heterocycles. The Balaban J connectivity index is 1.37. The molecule has 5 rings (SSSR count). The van der Waals surface area contributed by atoms with E-state index in [-0.39, 0.29) is 67.9 Å². The van der Waals surface area contributed by atoms with E-state index in [0.29, 0.717) is 69.9 Å². The predicted octanol–water partition coefficient (Wildman–Crippen LogP) is 4.42. The quantitative estimate of drug-likeness (QED) is 0.0398. The molecule has 3 aromatic carbocycles. The lowest BCUT2D eigenvalue weighted by Crippen LogP contribution is -2.45. The summed E-state index contributed by atoms with van der Waals surface area (Å²) in [6.45, 7) is 9.84. The number of nitrogens with zero attached hydrogens (tertiary/aromatic N) is 1. The number of carbonyl (C=O) groups excluding carboxylic acids is 4. The van der Waals surface area contributed by atoms with Crippen LogP contribution in [0.5, 0.6) is 5.75 Å². The Morgan fingerprint density at radius 3 is 2.27 bits per heavy atom. The van der Waals surface area contributed by atoms with E-state index in [1.807, 2.05) is 62.4 Å². The summed E-state index contributed by atoms with van der Waals surface area (Å²) in [5, 5.41) is 10.4. The monoisotopic (exact) mass is 903 g/mol. The molecule has 2 aliphatic carbocycles. The van der Waals surface area contributed by atoms with E-state index in [9.17, 15) is 19.2 Å². The highest BCUT2D eigenvalue weighted by molar-refractivity contribution is 5.94. The van der Waals surface area contributed by atoms with Gasteiger partial charge in [-0.2, -0.15) is 0 Å². The zero-order chi connectivity index (χ0) is 47.4.